The van der Waals surface area contributed by atoms with E-state index in [0.29, 0.717) is 12.1 Å². The molecule has 2 rings (SSSR count). The van der Waals surface area contributed by atoms with Crippen LogP contribution in [0.4, 0.5) is 0 Å². The van der Waals surface area contributed by atoms with E-state index in [0.717, 1.165) is 25.1 Å². The predicted molar refractivity (Wildman–Crippen MR) is 65.4 cm³/mol. The Morgan fingerprint density at radius 2 is 2.19 bits per heavy atom. The van der Waals surface area contributed by atoms with Crippen LogP contribution in [0.3, 0.4) is 0 Å². The van der Waals surface area contributed by atoms with E-state index in [2.05, 4.69) is 11.4 Å². The molecule has 3 N–H and O–H groups in total. The minimum absolute atomic E-state index is 0.384. The minimum Gasteiger partial charge on any atom is -0.496 e. The van der Waals surface area contributed by atoms with Crippen molar-refractivity contribution in [3.8, 4) is 5.75 Å². The fraction of sp³-hybridized carbons (Fsp3) is 0.538. The van der Waals surface area contributed by atoms with E-state index < -0.39 is 0 Å². The lowest BCUT2D eigenvalue weighted by atomic mass is 10.1. The van der Waals surface area contributed by atoms with Crippen LogP contribution >= 0.6 is 0 Å². The molecule has 1 fully saturated rings. The second-order valence-corrected chi connectivity index (χ2v) is 4.46. The standard InChI is InChI=1S/C13H20N2O/c1-16-13-5-3-2-4-10(13)9-15-12-7-6-11(14)8-12/h2-5,11-12,15H,6-9,14H2,1H3. The molecule has 0 aliphatic heterocycles. The van der Waals surface area contributed by atoms with Gasteiger partial charge in [0.25, 0.3) is 0 Å². The summed E-state index contributed by atoms with van der Waals surface area (Å²) < 4.78 is 5.32. The second-order valence-electron chi connectivity index (χ2n) is 4.46. The third kappa shape index (κ3) is 2.74. The maximum Gasteiger partial charge on any atom is 0.123 e. The first kappa shape index (κ1) is 11.4. The minimum atomic E-state index is 0.384. The highest BCUT2D eigenvalue weighted by Crippen LogP contribution is 2.20. The highest BCUT2D eigenvalue weighted by atomic mass is 16.5. The number of para-hydroxylation sites is 1. The number of methoxy groups -OCH3 is 1. The normalized spacial score (nSPS) is 24.6. The van der Waals surface area contributed by atoms with Gasteiger partial charge in [-0.2, -0.15) is 0 Å². The molecule has 1 aliphatic rings. The van der Waals surface area contributed by atoms with Crippen molar-refractivity contribution in [1.82, 2.24) is 5.32 Å². The quantitative estimate of drug-likeness (QED) is 0.811. The second kappa shape index (κ2) is 5.32. The van der Waals surface area contributed by atoms with E-state index in [1.807, 2.05) is 18.2 Å². The summed E-state index contributed by atoms with van der Waals surface area (Å²) in [6, 6.07) is 9.08. The summed E-state index contributed by atoms with van der Waals surface area (Å²) in [5.74, 6) is 0.956. The molecule has 3 nitrogen and oxygen atoms in total. The van der Waals surface area contributed by atoms with Crippen LogP contribution in [0.25, 0.3) is 0 Å². The van der Waals surface area contributed by atoms with Gasteiger partial charge in [-0.15, -0.1) is 0 Å². The van der Waals surface area contributed by atoms with E-state index in [1.54, 1.807) is 7.11 Å². The molecular formula is C13H20N2O. The fourth-order valence-corrected chi connectivity index (χ4v) is 2.31. The highest BCUT2D eigenvalue weighted by Gasteiger charge is 2.21. The number of nitrogens with two attached hydrogens (primary N) is 1. The third-order valence-electron chi connectivity index (χ3n) is 3.25. The van der Waals surface area contributed by atoms with Crippen molar-refractivity contribution in [2.75, 3.05) is 7.11 Å². The maximum atomic E-state index is 5.89. The summed E-state index contributed by atoms with van der Waals surface area (Å²) in [5, 5.41) is 3.54. The number of rotatable bonds is 4. The molecule has 88 valence electrons. The van der Waals surface area contributed by atoms with E-state index >= 15 is 0 Å². The molecular weight excluding hydrogens is 200 g/mol. The summed E-state index contributed by atoms with van der Waals surface area (Å²) >= 11 is 0. The van der Waals surface area contributed by atoms with Gasteiger partial charge in [0.2, 0.25) is 0 Å². The Hall–Kier alpha value is -1.06. The summed E-state index contributed by atoms with van der Waals surface area (Å²) in [6.45, 7) is 0.862. The van der Waals surface area contributed by atoms with Crippen LogP contribution < -0.4 is 15.8 Å². The van der Waals surface area contributed by atoms with E-state index in [-0.39, 0.29) is 0 Å². The average molecular weight is 220 g/mol. The topological polar surface area (TPSA) is 47.3 Å². The van der Waals surface area contributed by atoms with Crippen LogP contribution in [-0.4, -0.2) is 19.2 Å². The third-order valence-corrected chi connectivity index (χ3v) is 3.25. The summed E-state index contributed by atoms with van der Waals surface area (Å²) in [4.78, 5) is 0. The van der Waals surface area contributed by atoms with Gasteiger partial charge in [-0.25, -0.2) is 0 Å². The van der Waals surface area contributed by atoms with Gasteiger partial charge in [-0.05, 0) is 25.3 Å². The molecule has 2 atom stereocenters. The van der Waals surface area contributed by atoms with Crippen molar-refractivity contribution in [2.45, 2.75) is 37.9 Å². The van der Waals surface area contributed by atoms with Crippen molar-refractivity contribution >= 4 is 0 Å². The van der Waals surface area contributed by atoms with E-state index in [9.17, 15) is 0 Å². The molecule has 1 aromatic rings. The van der Waals surface area contributed by atoms with Crippen LogP contribution in [-0.2, 0) is 6.54 Å². The van der Waals surface area contributed by atoms with Crippen LogP contribution in [0, 0.1) is 0 Å². The molecule has 1 saturated carbocycles. The van der Waals surface area contributed by atoms with Gasteiger partial charge in [0.05, 0.1) is 7.11 Å². The molecule has 16 heavy (non-hydrogen) atoms. The van der Waals surface area contributed by atoms with Crippen LogP contribution in [0.2, 0.25) is 0 Å². The molecule has 0 bridgehead atoms. The Labute approximate surface area is 97.0 Å². The van der Waals surface area contributed by atoms with Gasteiger partial charge < -0.3 is 15.8 Å². The highest BCUT2D eigenvalue weighted by molar-refractivity contribution is 5.33. The molecule has 1 aromatic carbocycles. The number of hydrogen-bond donors (Lipinski definition) is 2. The maximum absolute atomic E-state index is 5.89. The van der Waals surface area contributed by atoms with Gasteiger partial charge >= 0.3 is 0 Å². The Balaban J connectivity index is 1.89. The molecule has 0 amide bonds. The van der Waals surface area contributed by atoms with Crippen LogP contribution in [0.5, 0.6) is 5.75 Å². The van der Waals surface area contributed by atoms with Crippen LogP contribution in [0.15, 0.2) is 24.3 Å². The van der Waals surface area contributed by atoms with Crippen molar-refractivity contribution in [3.05, 3.63) is 29.8 Å². The summed E-state index contributed by atoms with van der Waals surface area (Å²) in [5.41, 5.74) is 7.10. The van der Waals surface area contributed by atoms with Gasteiger partial charge in [0.15, 0.2) is 0 Å². The van der Waals surface area contributed by atoms with E-state index in [1.165, 1.54) is 12.0 Å². The van der Waals surface area contributed by atoms with Crippen molar-refractivity contribution in [2.24, 2.45) is 5.73 Å². The molecule has 0 saturated heterocycles. The zero-order valence-corrected chi connectivity index (χ0v) is 9.78. The zero-order valence-electron chi connectivity index (χ0n) is 9.78. The smallest absolute Gasteiger partial charge is 0.123 e. The number of nitrogens with one attached hydrogen (secondary N) is 1. The van der Waals surface area contributed by atoms with Gasteiger partial charge in [-0.1, -0.05) is 18.2 Å². The summed E-state index contributed by atoms with van der Waals surface area (Å²) in [7, 11) is 1.71. The van der Waals surface area contributed by atoms with Gasteiger partial charge in [0.1, 0.15) is 5.75 Å². The largest absolute Gasteiger partial charge is 0.496 e. The number of hydrogen-bond acceptors (Lipinski definition) is 3. The van der Waals surface area contributed by atoms with E-state index in [4.69, 9.17) is 10.5 Å². The molecule has 1 aliphatic carbocycles. The molecule has 0 radical (unpaired) electrons. The summed E-state index contributed by atoms with van der Waals surface area (Å²) in [6.07, 6.45) is 3.43. The first-order chi connectivity index (χ1) is 7.79. The Morgan fingerprint density at radius 3 is 2.88 bits per heavy atom. The van der Waals surface area contributed by atoms with Gasteiger partial charge in [-0.3, -0.25) is 0 Å². The lowest BCUT2D eigenvalue weighted by molar-refractivity contribution is 0.404. The molecule has 3 heteroatoms. The molecule has 0 heterocycles. The van der Waals surface area contributed by atoms with Crippen molar-refractivity contribution in [3.63, 3.8) is 0 Å². The first-order valence-corrected chi connectivity index (χ1v) is 5.90. The fourth-order valence-electron chi connectivity index (χ4n) is 2.31. The Kier molecular flexibility index (Phi) is 3.80. The number of benzene rings is 1. The average Bonchev–Trinajstić information content (AvgIpc) is 2.73. The lowest BCUT2D eigenvalue weighted by Crippen LogP contribution is -2.28. The molecule has 2 unspecified atom stereocenters. The lowest BCUT2D eigenvalue weighted by Gasteiger charge is -2.14. The monoisotopic (exact) mass is 220 g/mol. The first-order valence-electron chi connectivity index (χ1n) is 5.90. The van der Waals surface area contributed by atoms with Crippen molar-refractivity contribution < 1.29 is 4.74 Å². The van der Waals surface area contributed by atoms with Crippen LogP contribution in [0.1, 0.15) is 24.8 Å². The Bertz CT molecular complexity index is 340. The number of ether oxygens (including phenoxy) is 1. The molecule has 0 spiro atoms. The zero-order chi connectivity index (χ0) is 11.4. The van der Waals surface area contributed by atoms with Gasteiger partial charge in [0, 0.05) is 24.2 Å². The predicted octanol–water partition coefficient (Wildman–Crippen LogP) is 1.66. The Morgan fingerprint density at radius 1 is 1.38 bits per heavy atom. The SMILES string of the molecule is COc1ccccc1CNC1CCC(N)C1. The van der Waals surface area contributed by atoms with Crippen molar-refractivity contribution in [1.29, 1.82) is 0 Å². The molecule has 0 aromatic heterocycles.